The summed E-state index contributed by atoms with van der Waals surface area (Å²) in [6.45, 7) is 5.22. The Kier molecular flexibility index (Phi) is 8.25. The molecular weight excluding hydrogens is 274 g/mol. The van der Waals surface area contributed by atoms with E-state index in [1.165, 1.54) is 7.11 Å². The third-order valence-corrected chi connectivity index (χ3v) is 2.46. The van der Waals surface area contributed by atoms with E-state index in [-0.39, 0.29) is 18.3 Å². The van der Waals surface area contributed by atoms with Gasteiger partial charge in [0.2, 0.25) is 5.91 Å². The Bertz CT molecular complexity index is 231. The maximum atomic E-state index is 11.7. The van der Waals surface area contributed by atoms with Gasteiger partial charge >= 0.3 is 5.97 Å². The zero-order chi connectivity index (χ0) is 12.6. The molecule has 0 aromatic carbocycles. The molecule has 0 rings (SSSR count). The van der Waals surface area contributed by atoms with Crippen LogP contribution in [0.5, 0.6) is 0 Å². The number of methoxy groups -OCH3 is 1. The molecule has 1 amide bonds. The van der Waals surface area contributed by atoms with Crippen molar-refractivity contribution in [1.82, 2.24) is 4.90 Å². The maximum absolute atomic E-state index is 11.7. The van der Waals surface area contributed by atoms with E-state index in [2.05, 4.69) is 20.7 Å². The molecule has 0 aliphatic carbocycles. The summed E-state index contributed by atoms with van der Waals surface area (Å²) in [6, 6.07) is 0. The van der Waals surface area contributed by atoms with Crippen molar-refractivity contribution in [2.45, 2.75) is 26.7 Å². The highest BCUT2D eigenvalue weighted by molar-refractivity contribution is 9.09. The molecule has 0 N–H and O–H groups in total. The summed E-state index contributed by atoms with van der Waals surface area (Å²) in [5.41, 5.74) is 0. The molecule has 0 radical (unpaired) electrons. The smallest absolute Gasteiger partial charge is 0.307 e. The predicted octanol–water partition coefficient (Wildman–Crippen LogP) is 1.82. The van der Waals surface area contributed by atoms with E-state index in [4.69, 9.17) is 0 Å². The highest BCUT2D eigenvalue weighted by Crippen LogP contribution is 2.04. The van der Waals surface area contributed by atoms with Gasteiger partial charge in [0.1, 0.15) is 0 Å². The van der Waals surface area contributed by atoms with Crippen molar-refractivity contribution in [3.8, 4) is 0 Å². The van der Waals surface area contributed by atoms with E-state index in [1.807, 2.05) is 13.8 Å². The van der Waals surface area contributed by atoms with Gasteiger partial charge in [-0.15, -0.1) is 0 Å². The summed E-state index contributed by atoms with van der Waals surface area (Å²) in [5.74, 6) is 0.201. The van der Waals surface area contributed by atoms with Crippen LogP contribution in [0.4, 0.5) is 0 Å². The lowest BCUT2D eigenvalue weighted by atomic mass is 10.2. The minimum Gasteiger partial charge on any atom is -0.469 e. The van der Waals surface area contributed by atoms with Crippen LogP contribution < -0.4 is 0 Å². The molecule has 0 aromatic heterocycles. The molecule has 0 saturated heterocycles. The number of amides is 1. The minimum absolute atomic E-state index is 0.0782. The van der Waals surface area contributed by atoms with Crippen molar-refractivity contribution >= 4 is 27.8 Å². The van der Waals surface area contributed by atoms with Gasteiger partial charge in [0.25, 0.3) is 0 Å². The summed E-state index contributed by atoms with van der Waals surface area (Å²) in [6.07, 6.45) is 0.727. The van der Waals surface area contributed by atoms with Crippen LogP contribution in [-0.2, 0) is 14.3 Å². The van der Waals surface area contributed by atoms with Gasteiger partial charge < -0.3 is 9.64 Å². The summed E-state index contributed by atoms with van der Waals surface area (Å²) in [7, 11) is 1.36. The standard InChI is InChI=1S/C11H20BrNO3/c1-9(2)8-13(10(14)4-6-12)7-5-11(15)16-3/h9H,4-8H2,1-3H3. The summed E-state index contributed by atoms with van der Waals surface area (Å²) in [5, 5.41) is 0.651. The van der Waals surface area contributed by atoms with E-state index < -0.39 is 0 Å². The SMILES string of the molecule is COC(=O)CCN(CC(C)C)C(=O)CCBr. The second kappa shape index (κ2) is 8.56. The van der Waals surface area contributed by atoms with Gasteiger partial charge in [0.15, 0.2) is 0 Å². The maximum Gasteiger partial charge on any atom is 0.307 e. The highest BCUT2D eigenvalue weighted by atomic mass is 79.9. The first kappa shape index (κ1) is 15.4. The van der Waals surface area contributed by atoms with Crippen molar-refractivity contribution in [3.63, 3.8) is 0 Å². The number of alkyl halides is 1. The lowest BCUT2D eigenvalue weighted by molar-refractivity contribution is -0.141. The minimum atomic E-state index is -0.277. The zero-order valence-electron chi connectivity index (χ0n) is 10.2. The van der Waals surface area contributed by atoms with Crippen molar-refractivity contribution in [3.05, 3.63) is 0 Å². The number of carbonyl (C=O) groups is 2. The van der Waals surface area contributed by atoms with E-state index in [0.29, 0.717) is 30.8 Å². The third-order valence-electron chi connectivity index (χ3n) is 2.06. The number of hydrogen-bond acceptors (Lipinski definition) is 3. The second-order valence-electron chi connectivity index (χ2n) is 4.00. The fourth-order valence-electron chi connectivity index (χ4n) is 1.33. The molecule has 0 heterocycles. The zero-order valence-corrected chi connectivity index (χ0v) is 11.7. The number of esters is 1. The van der Waals surface area contributed by atoms with Gasteiger partial charge in [0, 0.05) is 24.8 Å². The summed E-state index contributed by atoms with van der Waals surface area (Å²) in [4.78, 5) is 24.5. The topological polar surface area (TPSA) is 46.6 Å². The fourth-order valence-corrected chi connectivity index (χ4v) is 1.67. The van der Waals surface area contributed by atoms with E-state index >= 15 is 0 Å². The predicted molar refractivity (Wildman–Crippen MR) is 66.5 cm³/mol. The molecule has 0 unspecified atom stereocenters. The Morgan fingerprint density at radius 1 is 1.31 bits per heavy atom. The van der Waals surface area contributed by atoms with E-state index in [1.54, 1.807) is 4.90 Å². The quantitative estimate of drug-likeness (QED) is 0.531. The molecule has 5 heteroatoms. The van der Waals surface area contributed by atoms with E-state index in [0.717, 1.165) is 0 Å². The van der Waals surface area contributed by atoms with Crippen LogP contribution in [0.3, 0.4) is 0 Å². The molecule has 0 fully saturated rings. The van der Waals surface area contributed by atoms with Gasteiger partial charge in [-0.1, -0.05) is 29.8 Å². The molecule has 94 valence electrons. The van der Waals surface area contributed by atoms with Crippen LogP contribution >= 0.6 is 15.9 Å². The number of nitrogens with zero attached hydrogens (tertiary/aromatic N) is 1. The lowest BCUT2D eigenvalue weighted by Crippen LogP contribution is -2.36. The molecule has 0 aliphatic rings. The first-order valence-electron chi connectivity index (χ1n) is 5.41. The van der Waals surface area contributed by atoms with Crippen LogP contribution in [0, 0.1) is 5.92 Å². The van der Waals surface area contributed by atoms with Gasteiger partial charge in [-0.3, -0.25) is 9.59 Å². The van der Waals surface area contributed by atoms with Crippen LogP contribution in [0.1, 0.15) is 26.7 Å². The molecule has 0 bridgehead atoms. The largest absolute Gasteiger partial charge is 0.469 e. The molecule has 0 aromatic rings. The Hall–Kier alpha value is -0.580. The molecule has 4 nitrogen and oxygen atoms in total. The fraction of sp³-hybridized carbons (Fsp3) is 0.818. The van der Waals surface area contributed by atoms with Gasteiger partial charge in [-0.05, 0) is 5.92 Å². The molecule has 0 saturated carbocycles. The van der Waals surface area contributed by atoms with E-state index in [9.17, 15) is 9.59 Å². The van der Waals surface area contributed by atoms with Crippen LogP contribution in [-0.4, -0.2) is 42.3 Å². The Balaban J connectivity index is 4.19. The Morgan fingerprint density at radius 3 is 2.38 bits per heavy atom. The van der Waals surface area contributed by atoms with Crippen LogP contribution in [0.25, 0.3) is 0 Å². The molecule has 0 atom stereocenters. The van der Waals surface area contributed by atoms with Crippen molar-refractivity contribution in [1.29, 1.82) is 0 Å². The molecule has 16 heavy (non-hydrogen) atoms. The average Bonchev–Trinajstić information content (AvgIpc) is 2.23. The first-order chi connectivity index (χ1) is 7.51. The molecule has 0 aliphatic heterocycles. The number of hydrogen-bond donors (Lipinski definition) is 0. The monoisotopic (exact) mass is 293 g/mol. The van der Waals surface area contributed by atoms with Crippen molar-refractivity contribution in [2.24, 2.45) is 5.92 Å². The van der Waals surface area contributed by atoms with Crippen molar-refractivity contribution in [2.75, 3.05) is 25.5 Å². The summed E-state index contributed by atoms with van der Waals surface area (Å²) >= 11 is 3.24. The highest BCUT2D eigenvalue weighted by Gasteiger charge is 2.15. The third kappa shape index (κ3) is 6.82. The first-order valence-corrected chi connectivity index (χ1v) is 6.54. The number of carbonyl (C=O) groups excluding carboxylic acids is 2. The molecular formula is C11H20BrNO3. The van der Waals surface area contributed by atoms with Crippen LogP contribution in [0.2, 0.25) is 0 Å². The number of halogens is 1. The van der Waals surface area contributed by atoms with Gasteiger partial charge in [-0.2, -0.15) is 0 Å². The van der Waals surface area contributed by atoms with Gasteiger partial charge in [-0.25, -0.2) is 0 Å². The summed E-state index contributed by atoms with van der Waals surface area (Å²) < 4.78 is 4.56. The Labute approximate surface area is 105 Å². The number of ether oxygens (including phenoxy) is 1. The average molecular weight is 294 g/mol. The van der Waals surface area contributed by atoms with Crippen LogP contribution in [0.15, 0.2) is 0 Å². The lowest BCUT2D eigenvalue weighted by Gasteiger charge is -2.23. The number of rotatable bonds is 7. The van der Waals surface area contributed by atoms with Crippen molar-refractivity contribution < 1.29 is 14.3 Å². The normalized spacial score (nSPS) is 10.3. The second-order valence-corrected chi connectivity index (χ2v) is 4.79. The molecule has 0 spiro atoms. The van der Waals surface area contributed by atoms with Gasteiger partial charge in [0.05, 0.1) is 13.5 Å². The Morgan fingerprint density at radius 2 is 1.94 bits per heavy atom.